The summed E-state index contributed by atoms with van der Waals surface area (Å²) < 4.78 is 8.04. The molecular formula is C31H34N4O3. The molecule has 3 unspecified atom stereocenters. The summed E-state index contributed by atoms with van der Waals surface area (Å²) in [4.78, 5) is 14.6. The molecule has 0 saturated heterocycles. The molecule has 0 radical (unpaired) electrons. The molecular weight excluding hydrogens is 476 g/mol. The lowest BCUT2D eigenvalue weighted by molar-refractivity contribution is -0.137. The Labute approximate surface area is 223 Å². The summed E-state index contributed by atoms with van der Waals surface area (Å²) in [6, 6.07) is 17.4. The fourth-order valence-corrected chi connectivity index (χ4v) is 6.46. The number of fused-ring (bicyclic) bond motifs is 3. The van der Waals surface area contributed by atoms with Crippen molar-refractivity contribution in [3.63, 3.8) is 0 Å². The van der Waals surface area contributed by atoms with Gasteiger partial charge in [-0.1, -0.05) is 47.2 Å². The highest BCUT2D eigenvalue weighted by Gasteiger charge is 2.33. The second-order valence-corrected chi connectivity index (χ2v) is 11.0. The maximum atomic E-state index is 12.0. The van der Waals surface area contributed by atoms with Gasteiger partial charge in [0.2, 0.25) is 0 Å². The first-order valence-electron chi connectivity index (χ1n) is 13.4. The van der Waals surface area contributed by atoms with Crippen LogP contribution in [0.5, 0.6) is 5.75 Å². The molecule has 0 amide bonds. The van der Waals surface area contributed by atoms with E-state index in [1.165, 1.54) is 22.3 Å². The van der Waals surface area contributed by atoms with Crippen LogP contribution in [0, 0.1) is 13.8 Å². The number of ether oxygens (including phenoxy) is 1. The molecule has 4 aromatic rings. The van der Waals surface area contributed by atoms with Gasteiger partial charge in [0.1, 0.15) is 17.4 Å². The predicted octanol–water partition coefficient (Wildman–Crippen LogP) is 5.46. The number of benzene rings is 3. The van der Waals surface area contributed by atoms with Crippen molar-refractivity contribution in [2.24, 2.45) is 7.05 Å². The number of hydrogen-bond donors (Lipinski definition) is 1. The highest BCUT2D eigenvalue weighted by Crippen LogP contribution is 2.42. The summed E-state index contributed by atoms with van der Waals surface area (Å²) in [5.41, 5.74) is 9.95. The van der Waals surface area contributed by atoms with E-state index in [2.05, 4.69) is 65.5 Å². The SMILES string of the molecule is Cc1ccc2c(c1)CN(C1CCc3ccc(C(CC(=O)O)c4ccc5c(nnn5C)c4C)cc31)CC(C)O2. The maximum Gasteiger partial charge on any atom is 0.304 e. The minimum atomic E-state index is -0.809. The van der Waals surface area contributed by atoms with E-state index < -0.39 is 5.97 Å². The molecule has 7 nitrogen and oxygen atoms in total. The summed E-state index contributed by atoms with van der Waals surface area (Å²) in [5, 5.41) is 18.4. The largest absolute Gasteiger partial charge is 0.489 e. The molecule has 3 atom stereocenters. The predicted molar refractivity (Wildman–Crippen MR) is 147 cm³/mol. The van der Waals surface area contributed by atoms with Crippen LogP contribution in [-0.2, 0) is 24.8 Å². The van der Waals surface area contributed by atoms with E-state index in [-0.39, 0.29) is 24.5 Å². The quantitative estimate of drug-likeness (QED) is 0.384. The van der Waals surface area contributed by atoms with Crippen molar-refractivity contribution in [1.29, 1.82) is 0 Å². The fourth-order valence-electron chi connectivity index (χ4n) is 6.46. The van der Waals surface area contributed by atoms with Gasteiger partial charge in [-0.2, -0.15) is 0 Å². The van der Waals surface area contributed by atoms with Crippen molar-refractivity contribution in [1.82, 2.24) is 19.9 Å². The second-order valence-electron chi connectivity index (χ2n) is 11.0. The summed E-state index contributed by atoms with van der Waals surface area (Å²) in [6.45, 7) is 7.98. The Bertz CT molecular complexity index is 1540. The third kappa shape index (κ3) is 4.35. The molecule has 0 fully saturated rings. The molecule has 6 rings (SSSR count). The van der Waals surface area contributed by atoms with Crippen LogP contribution in [0.15, 0.2) is 48.5 Å². The van der Waals surface area contributed by atoms with Gasteiger partial charge in [0.25, 0.3) is 0 Å². The molecule has 0 bridgehead atoms. The van der Waals surface area contributed by atoms with Crippen molar-refractivity contribution < 1.29 is 14.6 Å². The Kier molecular flexibility index (Phi) is 6.19. The number of aliphatic carboxylic acids is 1. The van der Waals surface area contributed by atoms with Crippen molar-refractivity contribution in [2.45, 2.75) is 64.6 Å². The Balaban J connectivity index is 1.38. The molecule has 3 aromatic carbocycles. The number of rotatable bonds is 5. The highest BCUT2D eigenvalue weighted by molar-refractivity contribution is 5.80. The second kappa shape index (κ2) is 9.55. The van der Waals surface area contributed by atoms with Gasteiger partial charge in [0, 0.05) is 37.7 Å². The Morgan fingerprint density at radius 3 is 2.79 bits per heavy atom. The van der Waals surface area contributed by atoms with E-state index in [0.29, 0.717) is 0 Å². The van der Waals surface area contributed by atoms with E-state index in [0.717, 1.165) is 59.4 Å². The maximum absolute atomic E-state index is 12.0. The van der Waals surface area contributed by atoms with Crippen LogP contribution in [0.25, 0.3) is 11.0 Å². The molecule has 2 aliphatic rings. The van der Waals surface area contributed by atoms with Gasteiger partial charge in [-0.05, 0) is 73.6 Å². The Morgan fingerprint density at radius 2 is 1.97 bits per heavy atom. The van der Waals surface area contributed by atoms with Crippen molar-refractivity contribution in [2.75, 3.05) is 6.54 Å². The van der Waals surface area contributed by atoms with Crippen LogP contribution in [-0.4, -0.2) is 43.6 Å². The van der Waals surface area contributed by atoms with E-state index >= 15 is 0 Å². The number of carbonyl (C=O) groups is 1. The lowest BCUT2D eigenvalue weighted by Crippen LogP contribution is -2.33. The van der Waals surface area contributed by atoms with Gasteiger partial charge in [-0.25, -0.2) is 4.68 Å². The average molecular weight is 511 g/mol. The summed E-state index contributed by atoms with van der Waals surface area (Å²) in [5.74, 6) is -0.0923. The number of nitrogens with zero attached hydrogens (tertiary/aromatic N) is 4. The zero-order valence-electron chi connectivity index (χ0n) is 22.4. The van der Waals surface area contributed by atoms with Gasteiger partial charge < -0.3 is 9.84 Å². The molecule has 2 heterocycles. The van der Waals surface area contributed by atoms with Gasteiger partial charge in [-0.15, -0.1) is 5.10 Å². The lowest BCUT2D eigenvalue weighted by atomic mass is 9.84. The molecule has 196 valence electrons. The summed E-state index contributed by atoms with van der Waals surface area (Å²) in [7, 11) is 1.87. The highest BCUT2D eigenvalue weighted by atomic mass is 16.5. The van der Waals surface area contributed by atoms with E-state index in [1.54, 1.807) is 4.68 Å². The first-order chi connectivity index (χ1) is 18.3. The van der Waals surface area contributed by atoms with E-state index in [9.17, 15) is 9.90 Å². The number of aromatic nitrogens is 3. The van der Waals surface area contributed by atoms with Crippen LogP contribution >= 0.6 is 0 Å². The first-order valence-corrected chi connectivity index (χ1v) is 13.4. The monoisotopic (exact) mass is 510 g/mol. The van der Waals surface area contributed by atoms with Gasteiger partial charge in [0.15, 0.2) is 0 Å². The number of aryl methyl sites for hydroxylation is 4. The standard InChI is InChI=1S/C31H34N4O3/c1-18-5-12-29-23(13-18)17-35(16-19(2)38-29)27-10-8-21-6-7-22(14-26(21)27)25(15-30(36)37)24-9-11-28-31(20(24)3)32-33-34(28)4/h5-7,9,11-14,19,25,27H,8,10,15-17H2,1-4H3,(H,36,37). The molecule has 0 spiro atoms. The van der Waals surface area contributed by atoms with Gasteiger partial charge in [-0.3, -0.25) is 9.69 Å². The topological polar surface area (TPSA) is 80.5 Å². The van der Waals surface area contributed by atoms with E-state index in [1.807, 2.05) is 26.1 Å². The van der Waals surface area contributed by atoms with Crippen molar-refractivity contribution >= 4 is 17.0 Å². The van der Waals surface area contributed by atoms with Gasteiger partial charge in [0.05, 0.1) is 11.9 Å². The zero-order chi connectivity index (χ0) is 26.6. The first kappa shape index (κ1) is 24.6. The van der Waals surface area contributed by atoms with E-state index in [4.69, 9.17) is 4.74 Å². The third-order valence-corrected chi connectivity index (χ3v) is 8.30. The average Bonchev–Trinajstić information content (AvgIpc) is 3.43. The van der Waals surface area contributed by atoms with Crippen LogP contribution in [0.1, 0.15) is 70.7 Å². The van der Waals surface area contributed by atoms with Crippen LogP contribution in [0.3, 0.4) is 0 Å². The minimum absolute atomic E-state index is 0.0251. The molecule has 7 heteroatoms. The van der Waals surface area contributed by atoms with Crippen molar-refractivity contribution in [3.05, 3.63) is 87.5 Å². The smallest absolute Gasteiger partial charge is 0.304 e. The Morgan fingerprint density at radius 1 is 1.13 bits per heavy atom. The molecule has 1 N–H and O–H groups in total. The van der Waals surface area contributed by atoms with Crippen LogP contribution in [0.2, 0.25) is 0 Å². The molecule has 0 saturated carbocycles. The number of hydrogen-bond acceptors (Lipinski definition) is 5. The van der Waals surface area contributed by atoms with Crippen LogP contribution < -0.4 is 4.74 Å². The minimum Gasteiger partial charge on any atom is -0.489 e. The third-order valence-electron chi connectivity index (χ3n) is 8.30. The summed E-state index contributed by atoms with van der Waals surface area (Å²) in [6.07, 6.45) is 2.20. The summed E-state index contributed by atoms with van der Waals surface area (Å²) >= 11 is 0. The molecule has 1 aliphatic heterocycles. The normalized spacial score (nSPS) is 20.0. The van der Waals surface area contributed by atoms with Crippen molar-refractivity contribution in [3.8, 4) is 5.75 Å². The number of carboxylic acid groups (broad SMARTS) is 1. The fraction of sp³-hybridized carbons (Fsp3) is 0.387. The lowest BCUT2D eigenvalue weighted by Gasteiger charge is -2.30. The molecule has 1 aliphatic carbocycles. The molecule has 38 heavy (non-hydrogen) atoms. The number of carboxylic acids is 1. The Hall–Kier alpha value is -3.71. The van der Waals surface area contributed by atoms with Gasteiger partial charge >= 0.3 is 5.97 Å². The van der Waals surface area contributed by atoms with Crippen LogP contribution in [0.4, 0.5) is 0 Å². The molecule has 1 aromatic heterocycles. The zero-order valence-corrected chi connectivity index (χ0v) is 22.4.